The smallest absolute Gasteiger partial charge is 0.228 e. The van der Waals surface area contributed by atoms with Crippen LogP contribution in [0.5, 0.6) is 0 Å². The zero-order valence-electron chi connectivity index (χ0n) is 14.1. The van der Waals surface area contributed by atoms with Crippen LogP contribution in [0.4, 0.5) is 4.39 Å². The Morgan fingerprint density at radius 1 is 1.17 bits per heavy atom. The fourth-order valence-corrected chi connectivity index (χ4v) is 3.52. The highest BCUT2D eigenvalue weighted by Crippen LogP contribution is 2.24. The lowest BCUT2D eigenvalue weighted by Crippen LogP contribution is -2.50. The van der Waals surface area contributed by atoms with Gasteiger partial charge in [0.15, 0.2) is 0 Å². The van der Waals surface area contributed by atoms with E-state index >= 15 is 0 Å². The summed E-state index contributed by atoms with van der Waals surface area (Å²) < 4.78 is 18.6. The number of hydrogen-bond acceptors (Lipinski definition) is 3. The Hall–Kier alpha value is -1.95. The fraction of sp³-hybridized carbons (Fsp3) is 0.556. The van der Waals surface area contributed by atoms with E-state index in [1.54, 1.807) is 17.0 Å². The molecule has 1 aromatic rings. The molecule has 3 atom stereocenters. The number of rotatable bonds is 3. The van der Waals surface area contributed by atoms with Crippen LogP contribution in [0.1, 0.15) is 25.8 Å². The molecule has 2 saturated heterocycles. The molecule has 0 bridgehead atoms. The number of carbonyl (C=O) groups excluding carboxylic acids is 2. The van der Waals surface area contributed by atoms with Crippen molar-refractivity contribution in [1.82, 2.24) is 9.80 Å². The first kappa shape index (κ1) is 16.9. The van der Waals surface area contributed by atoms with Crippen molar-refractivity contribution in [2.75, 3.05) is 19.6 Å². The molecule has 2 amide bonds. The fourth-order valence-electron chi connectivity index (χ4n) is 3.52. The zero-order chi connectivity index (χ0) is 17.3. The Kier molecular flexibility index (Phi) is 4.85. The molecule has 3 rings (SSSR count). The van der Waals surface area contributed by atoms with Gasteiger partial charge in [0.25, 0.3) is 0 Å². The number of likely N-dealkylation sites (tertiary alicyclic amines) is 1. The molecule has 0 radical (unpaired) electrons. The van der Waals surface area contributed by atoms with E-state index in [1.165, 1.54) is 12.1 Å². The molecule has 0 spiro atoms. The van der Waals surface area contributed by atoms with Crippen molar-refractivity contribution in [3.63, 3.8) is 0 Å². The maximum absolute atomic E-state index is 13.0. The van der Waals surface area contributed by atoms with Gasteiger partial charge >= 0.3 is 0 Å². The highest BCUT2D eigenvalue weighted by Gasteiger charge is 2.38. The van der Waals surface area contributed by atoms with Crippen LogP contribution in [0.15, 0.2) is 24.3 Å². The average molecular weight is 334 g/mol. The second-order valence-corrected chi connectivity index (χ2v) is 6.80. The normalized spacial score (nSPS) is 27.6. The van der Waals surface area contributed by atoms with E-state index in [0.29, 0.717) is 26.2 Å². The van der Waals surface area contributed by atoms with Gasteiger partial charge in [0, 0.05) is 32.6 Å². The molecule has 2 fully saturated rings. The van der Waals surface area contributed by atoms with Gasteiger partial charge in [-0.05, 0) is 31.5 Å². The number of amides is 2. The summed E-state index contributed by atoms with van der Waals surface area (Å²) in [6.45, 7) is 5.90. The van der Waals surface area contributed by atoms with E-state index in [-0.39, 0.29) is 42.2 Å². The van der Waals surface area contributed by atoms with Gasteiger partial charge in [0.05, 0.1) is 18.1 Å². The second kappa shape index (κ2) is 6.89. The Morgan fingerprint density at radius 2 is 1.79 bits per heavy atom. The number of morpholine rings is 1. The minimum Gasteiger partial charge on any atom is -0.372 e. The summed E-state index contributed by atoms with van der Waals surface area (Å²) in [6.07, 6.45) is 0.287. The minimum atomic E-state index is -0.296. The van der Waals surface area contributed by atoms with Crippen molar-refractivity contribution < 1.29 is 18.7 Å². The molecule has 5 nitrogen and oxygen atoms in total. The van der Waals surface area contributed by atoms with Crippen LogP contribution in [0.2, 0.25) is 0 Å². The van der Waals surface area contributed by atoms with E-state index < -0.39 is 0 Å². The zero-order valence-corrected chi connectivity index (χ0v) is 14.1. The minimum absolute atomic E-state index is 0.0186. The van der Waals surface area contributed by atoms with Crippen molar-refractivity contribution >= 4 is 11.8 Å². The highest BCUT2D eigenvalue weighted by molar-refractivity contribution is 5.89. The summed E-state index contributed by atoms with van der Waals surface area (Å²) in [5.74, 6) is -0.579. The van der Waals surface area contributed by atoms with Gasteiger partial charge in [0.2, 0.25) is 11.8 Å². The molecule has 3 unspecified atom stereocenters. The number of carbonyl (C=O) groups is 2. The van der Waals surface area contributed by atoms with Gasteiger partial charge < -0.3 is 14.5 Å². The SMILES string of the molecule is CC1CN(C(=O)C2CC(=O)N(Cc3ccc(F)cc3)C2)CC(C)O1. The van der Waals surface area contributed by atoms with Crippen LogP contribution >= 0.6 is 0 Å². The molecule has 2 heterocycles. The van der Waals surface area contributed by atoms with E-state index in [9.17, 15) is 14.0 Å². The van der Waals surface area contributed by atoms with Crippen LogP contribution in [-0.4, -0.2) is 53.5 Å². The molecule has 2 aliphatic rings. The summed E-state index contributed by atoms with van der Waals surface area (Å²) in [5.41, 5.74) is 0.867. The maximum Gasteiger partial charge on any atom is 0.228 e. The Labute approximate surface area is 141 Å². The first-order valence-corrected chi connectivity index (χ1v) is 8.39. The summed E-state index contributed by atoms with van der Waals surface area (Å²) in [4.78, 5) is 28.5. The number of nitrogens with zero attached hydrogens (tertiary/aromatic N) is 2. The molecule has 1 aromatic carbocycles. The Balaban J connectivity index is 1.61. The van der Waals surface area contributed by atoms with E-state index in [2.05, 4.69) is 0 Å². The van der Waals surface area contributed by atoms with E-state index in [4.69, 9.17) is 4.74 Å². The van der Waals surface area contributed by atoms with Crippen molar-refractivity contribution in [3.05, 3.63) is 35.6 Å². The van der Waals surface area contributed by atoms with Crippen LogP contribution in [-0.2, 0) is 20.9 Å². The number of halogens is 1. The van der Waals surface area contributed by atoms with Crippen LogP contribution in [0.3, 0.4) is 0 Å². The topological polar surface area (TPSA) is 49.9 Å². The van der Waals surface area contributed by atoms with E-state index in [0.717, 1.165) is 5.56 Å². The first-order valence-electron chi connectivity index (χ1n) is 8.39. The number of benzene rings is 1. The maximum atomic E-state index is 13.0. The third kappa shape index (κ3) is 3.75. The molecule has 24 heavy (non-hydrogen) atoms. The molecule has 130 valence electrons. The lowest BCUT2D eigenvalue weighted by Gasteiger charge is -2.36. The lowest BCUT2D eigenvalue weighted by molar-refractivity contribution is -0.147. The van der Waals surface area contributed by atoms with E-state index in [1.807, 2.05) is 18.7 Å². The lowest BCUT2D eigenvalue weighted by atomic mass is 10.1. The molecule has 0 saturated carbocycles. The monoisotopic (exact) mass is 334 g/mol. The highest BCUT2D eigenvalue weighted by atomic mass is 19.1. The first-order chi connectivity index (χ1) is 11.4. The van der Waals surface area contributed by atoms with Crippen molar-refractivity contribution in [2.45, 2.75) is 39.0 Å². The largest absolute Gasteiger partial charge is 0.372 e. The third-order valence-electron chi connectivity index (χ3n) is 4.58. The van der Waals surface area contributed by atoms with Gasteiger partial charge in [-0.25, -0.2) is 4.39 Å². The van der Waals surface area contributed by atoms with Crippen LogP contribution < -0.4 is 0 Å². The summed E-state index contributed by atoms with van der Waals surface area (Å²) in [6, 6.07) is 6.11. The summed E-state index contributed by atoms with van der Waals surface area (Å²) in [5, 5.41) is 0. The molecule has 0 N–H and O–H groups in total. The van der Waals surface area contributed by atoms with Crippen molar-refractivity contribution in [1.29, 1.82) is 0 Å². The second-order valence-electron chi connectivity index (χ2n) is 6.80. The van der Waals surface area contributed by atoms with Gasteiger partial charge in [0.1, 0.15) is 5.82 Å². The quantitative estimate of drug-likeness (QED) is 0.847. The summed E-state index contributed by atoms with van der Waals surface area (Å²) in [7, 11) is 0. The predicted octanol–water partition coefficient (Wildman–Crippen LogP) is 1.81. The van der Waals surface area contributed by atoms with Crippen LogP contribution in [0, 0.1) is 11.7 Å². The molecule has 6 heteroatoms. The Bertz CT molecular complexity index is 609. The molecule has 0 aliphatic carbocycles. The molecular formula is C18H23FN2O3. The number of hydrogen-bond donors (Lipinski definition) is 0. The van der Waals surface area contributed by atoms with Crippen LogP contribution in [0.25, 0.3) is 0 Å². The summed E-state index contributed by atoms with van der Waals surface area (Å²) >= 11 is 0. The van der Waals surface area contributed by atoms with Gasteiger partial charge in [-0.15, -0.1) is 0 Å². The predicted molar refractivity (Wildman–Crippen MR) is 86.5 cm³/mol. The standard InChI is InChI=1S/C18H23FN2O3/c1-12-8-21(9-13(2)24-12)18(23)15-7-17(22)20(11-15)10-14-3-5-16(19)6-4-14/h3-6,12-13,15H,7-11H2,1-2H3. The molecule has 0 aromatic heterocycles. The van der Waals surface area contributed by atoms with Gasteiger partial charge in [-0.1, -0.05) is 12.1 Å². The van der Waals surface area contributed by atoms with Crippen molar-refractivity contribution in [2.24, 2.45) is 5.92 Å². The Morgan fingerprint density at radius 3 is 2.42 bits per heavy atom. The average Bonchev–Trinajstić information content (AvgIpc) is 2.89. The molecule has 2 aliphatic heterocycles. The number of ether oxygens (including phenoxy) is 1. The molecular weight excluding hydrogens is 311 g/mol. The van der Waals surface area contributed by atoms with Gasteiger partial charge in [-0.3, -0.25) is 9.59 Å². The van der Waals surface area contributed by atoms with Gasteiger partial charge in [-0.2, -0.15) is 0 Å². The van der Waals surface area contributed by atoms with Crippen molar-refractivity contribution in [3.8, 4) is 0 Å². The third-order valence-corrected chi connectivity index (χ3v) is 4.58.